The van der Waals surface area contributed by atoms with Gasteiger partial charge < -0.3 is 14.8 Å². The molecule has 4 nitrogen and oxygen atoms in total. The zero-order chi connectivity index (χ0) is 14.7. The second-order valence-electron chi connectivity index (χ2n) is 6.45. The molecule has 0 spiro atoms. The Morgan fingerprint density at radius 1 is 1.16 bits per heavy atom. The number of carbonyl (C=O) groups excluding carboxylic acids is 1. The average Bonchev–Trinajstić information content (AvgIpc) is 2.23. The smallest absolute Gasteiger partial charge is 0.174 e. The number of para-hydroxylation sites is 1. The van der Waals surface area contributed by atoms with Crippen LogP contribution in [0.5, 0.6) is 5.75 Å². The summed E-state index contributed by atoms with van der Waals surface area (Å²) >= 11 is 0. The Morgan fingerprint density at radius 2 is 1.74 bits per heavy atom. The highest BCUT2D eigenvalue weighted by Gasteiger charge is 2.28. The van der Waals surface area contributed by atoms with Crippen molar-refractivity contribution in [2.24, 2.45) is 5.41 Å². The van der Waals surface area contributed by atoms with Gasteiger partial charge in [0.1, 0.15) is 5.60 Å². The third-order valence-corrected chi connectivity index (χ3v) is 2.42. The number of carboxylic acid groups (broad SMARTS) is 1. The Balaban J connectivity index is 2.74. The van der Waals surface area contributed by atoms with E-state index in [1.165, 1.54) is 12.1 Å². The molecular formula is C15H21O4-. The largest absolute Gasteiger partial charge is 0.545 e. The third-order valence-electron chi connectivity index (χ3n) is 2.42. The van der Waals surface area contributed by atoms with Crippen molar-refractivity contribution in [1.82, 2.24) is 0 Å². The highest BCUT2D eigenvalue weighted by atomic mass is 17.2. The van der Waals surface area contributed by atoms with Crippen molar-refractivity contribution in [3.63, 3.8) is 0 Å². The predicted octanol–water partition coefficient (Wildman–Crippen LogP) is 2.58. The minimum absolute atomic E-state index is 0.0194. The first kappa shape index (κ1) is 15.5. The molecule has 0 aromatic heterocycles. The van der Waals surface area contributed by atoms with Crippen LogP contribution in [0.2, 0.25) is 0 Å². The summed E-state index contributed by atoms with van der Waals surface area (Å²) in [6.45, 7) is 10.1. The molecule has 0 bridgehead atoms. The first-order valence-electron chi connectivity index (χ1n) is 6.27. The van der Waals surface area contributed by atoms with Gasteiger partial charge in [0.15, 0.2) is 5.75 Å². The van der Waals surface area contributed by atoms with Crippen molar-refractivity contribution in [3.05, 3.63) is 29.8 Å². The van der Waals surface area contributed by atoms with Crippen molar-refractivity contribution in [1.29, 1.82) is 0 Å². The Kier molecular flexibility index (Phi) is 4.58. The quantitative estimate of drug-likeness (QED) is 0.606. The summed E-state index contributed by atoms with van der Waals surface area (Å²) in [5, 5.41) is 10.9. The highest BCUT2D eigenvalue weighted by Crippen LogP contribution is 2.30. The van der Waals surface area contributed by atoms with Crippen LogP contribution in [-0.4, -0.2) is 11.6 Å². The van der Waals surface area contributed by atoms with Gasteiger partial charge >= 0.3 is 0 Å². The van der Waals surface area contributed by atoms with Crippen molar-refractivity contribution >= 4 is 5.97 Å². The lowest BCUT2D eigenvalue weighted by molar-refractivity contribution is -0.289. The summed E-state index contributed by atoms with van der Waals surface area (Å²) in [6, 6.07) is 6.25. The number of hydrogen-bond acceptors (Lipinski definition) is 4. The van der Waals surface area contributed by atoms with Crippen molar-refractivity contribution < 1.29 is 19.7 Å². The standard InChI is InChI=1S/C15H22O4/c1-14(2,3)10-15(4,5)19-18-12-9-7-6-8-11(12)13(16)17/h6-9H,10H2,1-5H3,(H,16,17)/p-1. The second kappa shape index (κ2) is 5.61. The van der Waals surface area contributed by atoms with E-state index in [2.05, 4.69) is 20.8 Å². The highest BCUT2D eigenvalue weighted by molar-refractivity contribution is 5.89. The molecule has 0 saturated heterocycles. The zero-order valence-corrected chi connectivity index (χ0v) is 12.1. The van der Waals surface area contributed by atoms with E-state index in [1.54, 1.807) is 12.1 Å². The maximum Gasteiger partial charge on any atom is 0.174 e. The van der Waals surface area contributed by atoms with Crippen LogP contribution in [-0.2, 0) is 4.89 Å². The summed E-state index contributed by atoms with van der Waals surface area (Å²) in [4.78, 5) is 21.5. The van der Waals surface area contributed by atoms with E-state index in [0.717, 1.165) is 6.42 Å². The first-order valence-corrected chi connectivity index (χ1v) is 6.27. The van der Waals surface area contributed by atoms with Crippen LogP contribution >= 0.6 is 0 Å². The minimum atomic E-state index is -1.28. The second-order valence-corrected chi connectivity index (χ2v) is 6.45. The Hall–Kier alpha value is -1.55. The number of rotatable bonds is 5. The number of carboxylic acids is 1. The molecule has 1 aromatic carbocycles. The summed E-state index contributed by atoms with van der Waals surface area (Å²) in [6.07, 6.45) is 0.771. The van der Waals surface area contributed by atoms with Gasteiger partial charge in [0.05, 0.1) is 5.97 Å². The van der Waals surface area contributed by atoms with E-state index < -0.39 is 11.6 Å². The molecule has 0 aliphatic heterocycles. The van der Waals surface area contributed by atoms with Gasteiger partial charge in [0.2, 0.25) is 0 Å². The Labute approximate surface area is 114 Å². The number of carbonyl (C=O) groups is 1. The van der Waals surface area contributed by atoms with Gasteiger partial charge in [-0.3, -0.25) is 0 Å². The van der Waals surface area contributed by atoms with Gasteiger partial charge in [0.25, 0.3) is 0 Å². The number of hydrogen-bond donors (Lipinski definition) is 0. The van der Waals surface area contributed by atoms with Crippen LogP contribution in [0.3, 0.4) is 0 Å². The van der Waals surface area contributed by atoms with E-state index in [9.17, 15) is 9.90 Å². The lowest BCUT2D eigenvalue weighted by Gasteiger charge is -2.31. The van der Waals surface area contributed by atoms with E-state index in [-0.39, 0.29) is 16.7 Å². The van der Waals surface area contributed by atoms with Crippen LogP contribution < -0.4 is 9.99 Å². The van der Waals surface area contributed by atoms with Gasteiger partial charge in [0, 0.05) is 5.56 Å². The minimum Gasteiger partial charge on any atom is -0.545 e. The number of benzene rings is 1. The molecular weight excluding hydrogens is 244 g/mol. The molecule has 0 N–H and O–H groups in total. The topological polar surface area (TPSA) is 58.6 Å². The fourth-order valence-corrected chi connectivity index (χ4v) is 2.17. The molecule has 0 aliphatic rings. The summed E-state index contributed by atoms with van der Waals surface area (Å²) in [5.41, 5.74) is -0.452. The Morgan fingerprint density at radius 3 is 2.26 bits per heavy atom. The zero-order valence-electron chi connectivity index (χ0n) is 12.1. The predicted molar refractivity (Wildman–Crippen MR) is 70.6 cm³/mol. The SMILES string of the molecule is CC(C)(C)CC(C)(C)OOc1ccccc1C(=O)[O-]. The van der Waals surface area contributed by atoms with E-state index in [1.807, 2.05) is 13.8 Å². The van der Waals surface area contributed by atoms with E-state index in [0.29, 0.717) is 0 Å². The number of aromatic carboxylic acids is 1. The maximum atomic E-state index is 10.9. The van der Waals surface area contributed by atoms with Crippen LogP contribution in [0.25, 0.3) is 0 Å². The van der Waals surface area contributed by atoms with Gasteiger partial charge in [-0.2, -0.15) is 4.89 Å². The third kappa shape index (κ3) is 5.30. The summed E-state index contributed by atoms with van der Waals surface area (Å²) in [7, 11) is 0. The van der Waals surface area contributed by atoms with Gasteiger partial charge in [-0.05, 0) is 37.8 Å². The summed E-state index contributed by atoms with van der Waals surface area (Å²) in [5.74, 6) is -1.13. The molecule has 0 aliphatic carbocycles. The van der Waals surface area contributed by atoms with Gasteiger partial charge in [-0.25, -0.2) is 0 Å². The molecule has 1 rings (SSSR count). The molecule has 4 heteroatoms. The lowest BCUT2D eigenvalue weighted by Crippen LogP contribution is -2.32. The first-order chi connectivity index (χ1) is 8.61. The van der Waals surface area contributed by atoms with Crippen molar-refractivity contribution in [3.8, 4) is 5.75 Å². The van der Waals surface area contributed by atoms with Gasteiger partial charge in [-0.15, -0.1) is 0 Å². The molecule has 106 valence electrons. The fraction of sp³-hybridized carbons (Fsp3) is 0.533. The van der Waals surface area contributed by atoms with E-state index in [4.69, 9.17) is 9.78 Å². The molecule has 19 heavy (non-hydrogen) atoms. The molecule has 0 atom stereocenters. The van der Waals surface area contributed by atoms with Crippen LogP contribution in [0.15, 0.2) is 24.3 Å². The molecule has 1 aromatic rings. The normalized spacial score (nSPS) is 12.3. The van der Waals surface area contributed by atoms with Crippen molar-refractivity contribution in [2.75, 3.05) is 0 Å². The van der Waals surface area contributed by atoms with Crippen LogP contribution in [0.4, 0.5) is 0 Å². The van der Waals surface area contributed by atoms with E-state index >= 15 is 0 Å². The van der Waals surface area contributed by atoms with Gasteiger partial charge in [-0.1, -0.05) is 32.9 Å². The molecule has 0 radical (unpaired) electrons. The maximum absolute atomic E-state index is 10.9. The molecule has 0 fully saturated rings. The average molecular weight is 265 g/mol. The molecule has 0 amide bonds. The van der Waals surface area contributed by atoms with Crippen LogP contribution in [0.1, 0.15) is 51.4 Å². The lowest BCUT2D eigenvalue weighted by atomic mass is 9.84. The molecule has 0 heterocycles. The molecule has 0 unspecified atom stereocenters. The van der Waals surface area contributed by atoms with Crippen LogP contribution in [0, 0.1) is 5.41 Å². The van der Waals surface area contributed by atoms with Crippen molar-refractivity contribution in [2.45, 2.75) is 46.6 Å². The fourth-order valence-electron chi connectivity index (χ4n) is 2.17. The summed E-state index contributed by atoms with van der Waals surface area (Å²) < 4.78 is 0. The Bertz CT molecular complexity index is 444. The molecule has 0 saturated carbocycles. The monoisotopic (exact) mass is 265 g/mol.